The molecule has 0 N–H and O–H groups in total. The largest absolute Gasteiger partial charge is 0.456 e. The zero-order chi connectivity index (χ0) is 27.6. The highest BCUT2D eigenvalue weighted by Crippen LogP contribution is 2.52. The van der Waals surface area contributed by atoms with Crippen molar-refractivity contribution in [3.8, 4) is 32.7 Å². The quantitative estimate of drug-likeness (QED) is 0.199. The van der Waals surface area contributed by atoms with E-state index >= 15 is 0 Å². The van der Waals surface area contributed by atoms with Crippen LogP contribution in [-0.2, 0) is 0 Å². The molecule has 0 saturated carbocycles. The fraction of sp³-hybridized carbons (Fsp3) is 0. The Labute approximate surface area is 246 Å². The van der Waals surface area contributed by atoms with E-state index in [9.17, 15) is 0 Å². The zero-order valence-electron chi connectivity index (χ0n) is 22.7. The van der Waals surface area contributed by atoms with Gasteiger partial charge in [0.25, 0.3) is 0 Å². The molecule has 42 heavy (non-hydrogen) atoms. The number of fused-ring (bicyclic) bond motifs is 6. The van der Waals surface area contributed by atoms with Gasteiger partial charge in [-0.3, -0.25) is 0 Å². The second-order valence-corrected chi connectivity index (χ2v) is 11.9. The van der Waals surface area contributed by atoms with Gasteiger partial charge in [-0.1, -0.05) is 127 Å². The Morgan fingerprint density at radius 2 is 0.881 bits per heavy atom. The zero-order valence-corrected chi connectivity index (χ0v) is 23.5. The molecular formula is C40H24OS. The van der Waals surface area contributed by atoms with Gasteiger partial charge in [-0.15, -0.1) is 11.3 Å². The van der Waals surface area contributed by atoms with Crippen molar-refractivity contribution in [2.45, 2.75) is 0 Å². The fourth-order valence-electron chi connectivity index (χ4n) is 6.67. The third kappa shape index (κ3) is 3.43. The minimum atomic E-state index is 0.929. The molecule has 0 aliphatic carbocycles. The molecule has 9 rings (SSSR count). The highest BCUT2D eigenvalue weighted by atomic mass is 32.1. The van der Waals surface area contributed by atoms with E-state index < -0.39 is 0 Å². The number of para-hydroxylation sites is 1. The first kappa shape index (κ1) is 23.5. The van der Waals surface area contributed by atoms with Gasteiger partial charge < -0.3 is 4.42 Å². The molecule has 196 valence electrons. The van der Waals surface area contributed by atoms with E-state index in [0.717, 1.165) is 21.9 Å². The number of furan rings is 1. The van der Waals surface area contributed by atoms with E-state index in [1.165, 1.54) is 64.3 Å². The first-order chi connectivity index (χ1) is 20.8. The van der Waals surface area contributed by atoms with Gasteiger partial charge in [0.1, 0.15) is 11.2 Å². The summed E-state index contributed by atoms with van der Waals surface area (Å²) in [6.07, 6.45) is 0. The standard InChI is InChI=1S/C40H24OS/c1-3-13-25(14-4-1)37-28-18-7-9-20-30(28)38(31-21-10-8-19-29(31)37)39-33-23-32-27-17-11-12-22-34(27)41-35(32)24-36(33)42-40(39)26-15-5-2-6-16-26/h1-24H. The van der Waals surface area contributed by atoms with Gasteiger partial charge in [0, 0.05) is 31.3 Å². The van der Waals surface area contributed by atoms with Crippen LogP contribution in [0.2, 0.25) is 0 Å². The second-order valence-electron chi connectivity index (χ2n) is 10.8. The Hall–Kier alpha value is -5.18. The molecule has 0 bridgehead atoms. The van der Waals surface area contributed by atoms with Gasteiger partial charge >= 0.3 is 0 Å². The van der Waals surface area contributed by atoms with Crippen LogP contribution in [0.3, 0.4) is 0 Å². The molecule has 0 aliphatic heterocycles. The minimum absolute atomic E-state index is 0.929. The monoisotopic (exact) mass is 552 g/mol. The van der Waals surface area contributed by atoms with Crippen molar-refractivity contribution in [2.75, 3.05) is 0 Å². The first-order valence-corrected chi connectivity index (χ1v) is 15.1. The lowest BCUT2D eigenvalue weighted by Crippen LogP contribution is -1.91. The predicted molar refractivity (Wildman–Crippen MR) is 180 cm³/mol. The van der Waals surface area contributed by atoms with Gasteiger partial charge in [-0.05, 0) is 62.0 Å². The molecule has 7 aromatic carbocycles. The van der Waals surface area contributed by atoms with Crippen molar-refractivity contribution in [1.82, 2.24) is 0 Å². The molecule has 0 unspecified atom stereocenters. The molecule has 2 heterocycles. The van der Waals surface area contributed by atoms with Gasteiger partial charge in [-0.25, -0.2) is 0 Å². The van der Waals surface area contributed by atoms with E-state index in [1.807, 2.05) is 17.4 Å². The highest BCUT2D eigenvalue weighted by molar-refractivity contribution is 7.23. The van der Waals surface area contributed by atoms with Crippen LogP contribution in [0.4, 0.5) is 0 Å². The Kier molecular flexibility index (Phi) is 5.13. The summed E-state index contributed by atoms with van der Waals surface area (Å²) in [5.74, 6) is 0. The number of thiophene rings is 1. The molecule has 9 aromatic rings. The van der Waals surface area contributed by atoms with Crippen molar-refractivity contribution in [1.29, 1.82) is 0 Å². The molecule has 2 aromatic heterocycles. The second kappa shape index (κ2) is 9.17. The van der Waals surface area contributed by atoms with Gasteiger partial charge in [-0.2, -0.15) is 0 Å². The fourth-order valence-corrected chi connectivity index (χ4v) is 7.90. The van der Waals surface area contributed by atoms with Crippen molar-refractivity contribution in [2.24, 2.45) is 0 Å². The maximum Gasteiger partial charge on any atom is 0.136 e. The maximum absolute atomic E-state index is 6.33. The lowest BCUT2D eigenvalue weighted by Gasteiger charge is -2.18. The number of rotatable bonds is 3. The predicted octanol–water partition coefficient (Wildman–Crippen LogP) is 12.1. The van der Waals surface area contributed by atoms with E-state index in [-0.39, 0.29) is 0 Å². The van der Waals surface area contributed by atoms with Crippen molar-refractivity contribution in [3.05, 3.63) is 146 Å². The highest BCUT2D eigenvalue weighted by Gasteiger charge is 2.23. The first-order valence-electron chi connectivity index (χ1n) is 14.3. The molecule has 0 fully saturated rings. The smallest absolute Gasteiger partial charge is 0.136 e. The summed E-state index contributed by atoms with van der Waals surface area (Å²) < 4.78 is 7.57. The third-order valence-electron chi connectivity index (χ3n) is 8.47. The lowest BCUT2D eigenvalue weighted by atomic mass is 9.84. The third-order valence-corrected chi connectivity index (χ3v) is 9.67. The molecular weight excluding hydrogens is 529 g/mol. The summed E-state index contributed by atoms with van der Waals surface area (Å²) in [5, 5.41) is 8.65. The summed E-state index contributed by atoms with van der Waals surface area (Å²) >= 11 is 1.85. The van der Waals surface area contributed by atoms with E-state index in [0.29, 0.717) is 0 Å². The summed E-state index contributed by atoms with van der Waals surface area (Å²) in [5.41, 5.74) is 8.20. The molecule has 0 saturated heterocycles. The van der Waals surface area contributed by atoms with Crippen molar-refractivity contribution < 1.29 is 4.42 Å². The minimum Gasteiger partial charge on any atom is -0.456 e. The molecule has 0 spiro atoms. The Bertz CT molecular complexity index is 2390. The van der Waals surface area contributed by atoms with Crippen LogP contribution in [0.5, 0.6) is 0 Å². The molecule has 0 atom stereocenters. The van der Waals surface area contributed by atoms with E-state index in [4.69, 9.17) is 4.42 Å². The molecule has 2 heteroatoms. The van der Waals surface area contributed by atoms with E-state index in [1.54, 1.807) is 0 Å². The van der Waals surface area contributed by atoms with Crippen molar-refractivity contribution in [3.63, 3.8) is 0 Å². The van der Waals surface area contributed by atoms with Crippen LogP contribution in [0.25, 0.3) is 86.3 Å². The molecule has 0 radical (unpaired) electrons. The Morgan fingerprint density at radius 1 is 0.357 bits per heavy atom. The van der Waals surface area contributed by atoms with Crippen LogP contribution in [0.15, 0.2) is 150 Å². The lowest BCUT2D eigenvalue weighted by molar-refractivity contribution is 0.669. The topological polar surface area (TPSA) is 13.1 Å². The number of benzene rings is 7. The number of hydrogen-bond donors (Lipinski definition) is 0. The maximum atomic E-state index is 6.33. The van der Waals surface area contributed by atoms with Gasteiger partial charge in [0.2, 0.25) is 0 Å². The summed E-state index contributed by atoms with van der Waals surface area (Å²) in [4.78, 5) is 1.28. The molecule has 0 amide bonds. The van der Waals surface area contributed by atoms with E-state index in [2.05, 4.69) is 140 Å². The molecule has 0 aliphatic rings. The Balaban J connectivity index is 1.49. The van der Waals surface area contributed by atoms with Crippen molar-refractivity contribution >= 4 is 64.9 Å². The van der Waals surface area contributed by atoms with Crippen LogP contribution >= 0.6 is 11.3 Å². The van der Waals surface area contributed by atoms with Crippen LogP contribution < -0.4 is 0 Å². The normalized spacial score (nSPS) is 11.8. The van der Waals surface area contributed by atoms with Gasteiger partial charge in [0.05, 0.1) is 0 Å². The number of hydrogen-bond acceptors (Lipinski definition) is 2. The van der Waals surface area contributed by atoms with Crippen LogP contribution in [0, 0.1) is 0 Å². The molecule has 1 nitrogen and oxygen atoms in total. The SMILES string of the molecule is c1ccc(-c2sc3cc4oc5ccccc5c4cc3c2-c2c3ccccc3c(-c3ccccc3)c3ccccc23)cc1. The summed E-state index contributed by atoms with van der Waals surface area (Å²) in [6.45, 7) is 0. The average Bonchev–Trinajstić information content (AvgIpc) is 3.61. The van der Waals surface area contributed by atoms with Gasteiger partial charge in [0.15, 0.2) is 0 Å². The summed E-state index contributed by atoms with van der Waals surface area (Å²) in [6, 6.07) is 52.4. The Morgan fingerprint density at radius 3 is 1.52 bits per heavy atom. The van der Waals surface area contributed by atoms with Crippen LogP contribution in [-0.4, -0.2) is 0 Å². The average molecular weight is 553 g/mol. The van der Waals surface area contributed by atoms with Crippen LogP contribution in [0.1, 0.15) is 0 Å². The summed E-state index contributed by atoms with van der Waals surface area (Å²) in [7, 11) is 0.